The Bertz CT molecular complexity index is 568. The summed E-state index contributed by atoms with van der Waals surface area (Å²) < 4.78 is 24.1. The van der Waals surface area contributed by atoms with Gasteiger partial charge in [0.25, 0.3) is 0 Å². The molecule has 6 heteroatoms. The van der Waals surface area contributed by atoms with E-state index in [0.29, 0.717) is 5.57 Å². The average Bonchev–Trinajstić information content (AvgIpc) is 2.36. The Labute approximate surface area is 112 Å². The predicted molar refractivity (Wildman–Crippen MR) is 71.4 cm³/mol. The van der Waals surface area contributed by atoms with E-state index in [9.17, 15) is 23.7 Å². The van der Waals surface area contributed by atoms with Crippen molar-refractivity contribution in [1.82, 2.24) is 0 Å². The van der Waals surface area contributed by atoms with E-state index in [0.717, 1.165) is 5.56 Å². The van der Waals surface area contributed by atoms with E-state index in [2.05, 4.69) is 0 Å². The molecule has 2 atom stereocenters. The van der Waals surface area contributed by atoms with E-state index in [1.165, 1.54) is 26.0 Å². The predicted octanol–water partition coefficient (Wildman–Crippen LogP) is 1.30. The molecule has 3 N–H and O–H groups in total. The molecule has 0 heterocycles. The minimum absolute atomic E-state index is 0.105. The number of allylic oxidation sites excluding steroid dienone is 1. The van der Waals surface area contributed by atoms with Gasteiger partial charge in [0, 0.05) is 0 Å². The summed E-state index contributed by atoms with van der Waals surface area (Å²) in [6.07, 6.45) is -1.86. The molecule has 1 rings (SSSR count). The summed E-state index contributed by atoms with van der Waals surface area (Å²) >= 11 is 0. The SMILES string of the molecule is CC(C)=C(O)C(O)C(O)S(=O)(=O)c1ccc(C)cc1. The minimum atomic E-state index is -4.12. The van der Waals surface area contributed by atoms with Gasteiger partial charge >= 0.3 is 0 Å². The molecule has 1 aromatic carbocycles. The van der Waals surface area contributed by atoms with E-state index in [1.54, 1.807) is 19.1 Å². The number of aliphatic hydroxyl groups excluding tert-OH is 3. The molecular formula is C13H18O5S. The maximum Gasteiger partial charge on any atom is 0.208 e. The fourth-order valence-electron chi connectivity index (χ4n) is 1.47. The van der Waals surface area contributed by atoms with E-state index < -0.39 is 27.1 Å². The van der Waals surface area contributed by atoms with E-state index >= 15 is 0 Å². The topological polar surface area (TPSA) is 94.8 Å². The molecule has 0 aromatic heterocycles. The van der Waals surface area contributed by atoms with Crippen LogP contribution in [0.4, 0.5) is 0 Å². The largest absolute Gasteiger partial charge is 0.509 e. The van der Waals surface area contributed by atoms with E-state index in [-0.39, 0.29) is 4.90 Å². The van der Waals surface area contributed by atoms with Crippen LogP contribution in [0.15, 0.2) is 40.5 Å². The molecule has 0 spiro atoms. The van der Waals surface area contributed by atoms with Gasteiger partial charge in [0.1, 0.15) is 5.76 Å². The first-order chi connectivity index (χ1) is 8.67. The highest BCUT2D eigenvalue weighted by atomic mass is 32.2. The van der Waals surface area contributed by atoms with E-state index in [4.69, 9.17) is 0 Å². The van der Waals surface area contributed by atoms with Gasteiger partial charge in [-0.05, 0) is 38.5 Å². The lowest BCUT2D eigenvalue weighted by Crippen LogP contribution is -2.35. The van der Waals surface area contributed by atoms with Gasteiger partial charge in [-0.3, -0.25) is 0 Å². The summed E-state index contributed by atoms with van der Waals surface area (Å²) in [5.74, 6) is -0.539. The van der Waals surface area contributed by atoms with Crippen molar-refractivity contribution in [3.63, 3.8) is 0 Å². The van der Waals surface area contributed by atoms with Gasteiger partial charge in [0.15, 0.2) is 11.5 Å². The molecule has 0 bridgehead atoms. The Kier molecular flexibility index (Phi) is 4.73. The first-order valence-electron chi connectivity index (χ1n) is 5.71. The number of hydrogen-bond acceptors (Lipinski definition) is 5. The van der Waals surface area contributed by atoms with Crippen LogP contribution in [-0.2, 0) is 9.84 Å². The Morgan fingerprint density at radius 2 is 1.58 bits per heavy atom. The Hall–Kier alpha value is -1.37. The molecule has 2 unspecified atom stereocenters. The van der Waals surface area contributed by atoms with Gasteiger partial charge < -0.3 is 15.3 Å². The van der Waals surface area contributed by atoms with Crippen LogP contribution in [0.1, 0.15) is 19.4 Å². The second-order valence-electron chi connectivity index (χ2n) is 4.58. The molecule has 0 aliphatic rings. The van der Waals surface area contributed by atoms with Crippen molar-refractivity contribution in [3.05, 3.63) is 41.2 Å². The van der Waals surface area contributed by atoms with Gasteiger partial charge in [-0.15, -0.1) is 0 Å². The molecule has 106 valence electrons. The number of aliphatic hydroxyl groups is 3. The molecule has 0 aliphatic carbocycles. The second-order valence-corrected chi connectivity index (χ2v) is 6.62. The van der Waals surface area contributed by atoms with Gasteiger partial charge in [0.2, 0.25) is 9.84 Å². The number of aryl methyl sites for hydroxylation is 1. The molecule has 0 radical (unpaired) electrons. The maximum atomic E-state index is 12.1. The fraction of sp³-hybridized carbons (Fsp3) is 0.385. The van der Waals surface area contributed by atoms with Crippen LogP contribution >= 0.6 is 0 Å². The van der Waals surface area contributed by atoms with Crippen molar-refractivity contribution in [3.8, 4) is 0 Å². The summed E-state index contributed by atoms with van der Waals surface area (Å²) in [7, 11) is -4.12. The van der Waals surface area contributed by atoms with Crippen molar-refractivity contribution in [2.75, 3.05) is 0 Å². The van der Waals surface area contributed by atoms with Gasteiger partial charge in [-0.25, -0.2) is 8.42 Å². The Morgan fingerprint density at radius 1 is 1.11 bits per heavy atom. The van der Waals surface area contributed by atoms with Crippen LogP contribution in [0.2, 0.25) is 0 Å². The summed E-state index contributed by atoms with van der Waals surface area (Å²) in [5.41, 5.74) is -0.892. The molecule has 1 aromatic rings. The van der Waals surface area contributed by atoms with Crippen LogP contribution in [0.5, 0.6) is 0 Å². The minimum Gasteiger partial charge on any atom is -0.509 e. The molecule has 19 heavy (non-hydrogen) atoms. The van der Waals surface area contributed by atoms with Crippen molar-refractivity contribution in [1.29, 1.82) is 0 Å². The highest BCUT2D eigenvalue weighted by molar-refractivity contribution is 7.92. The quantitative estimate of drug-likeness (QED) is 0.725. The third-order valence-electron chi connectivity index (χ3n) is 2.73. The molecule has 0 saturated carbocycles. The lowest BCUT2D eigenvalue weighted by Gasteiger charge is -2.18. The first kappa shape index (κ1) is 15.7. The normalized spacial score (nSPS) is 14.8. The van der Waals surface area contributed by atoms with Gasteiger partial charge in [-0.2, -0.15) is 0 Å². The zero-order valence-electron chi connectivity index (χ0n) is 11.0. The number of rotatable bonds is 4. The lowest BCUT2D eigenvalue weighted by molar-refractivity contribution is 0.0608. The standard InChI is InChI=1S/C13H18O5S/c1-8(2)11(14)12(15)13(16)19(17,18)10-6-4-9(3)5-7-10/h4-7,12-16H,1-3H3. The van der Waals surface area contributed by atoms with E-state index in [1.807, 2.05) is 0 Å². The smallest absolute Gasteiger partial charge is 0.208 e. The fourth-order valence-corrected chi connectivity index (χ4v) is 2.73. The number of hydrogen-bond donors (Lipinski definition) is 3. The van der Waals surface area contributed by atoms with Crippen LogP contribution in [0.3, 0.4) is 0 Å². The Morgan fingerprint density at radius 3 is 2.00 bits per heavy atom. The second kappa shape index (κ2) is 5.73. The lowest BCUT2D eigenvalue weighted by atomic mass is 10.2. The zero-order chi connectivity index (χ0) is 14.8. The summed E-state index contributed by atoms with van der Waals surface area (Å²) in [6.45, 7) is 4.81. The first-order valence-corrected chi connectivity index (χ1v) is 7.25. The van der Waals surface area contributed by atoms with Crippen LogP contribution in [0.25, 0.3) is 0 Å². The molecule has 0 aliphatic heterocycles. The van der Waals surface area contributed by atoms with Crippen molar-refractivity contribution < 1.29 is 23.7 Å². The summed E-state index contributed by atoms with van der Waals surface area (Å²) in [5, 5.41) is 29.0. The number of benzene rings is 1. The van der Waals surface area contributed by atoms with Crippen molar-refractivity contribution in [2.45, 2.75) is 37.2 Å². The monoisotopic (exact) mass is 286 g/mol. The summed E-state index contributed by atoms with van der Waals surface area (Å²) in [6, 6.07) is 5.87. The third kappa shape index (κ3) is 3.34. The molecule has 0 fully saturated rings. The summed E-state index contributed by atoms with van der Waals surface area (Å²) in [4.78, 5) is -0.105. The highest BCUT2D eigenvalue weighted by Gasteiger charge is 2.34. The maximum absolute atomic E-state index is 12.1. The van der Waals surface area contributed by atoms with Crippen molar-refractivity contribution >= 4 is 9.84 Å². The van der Waals surface area contributed by atoms with Gasteiger partial charge in [0.05, 0.1) is 4.90 Å². The van der Waals surface area contributed by atoms with Crippen LogP contribution < -0.4 is 0 Å². The van der Waals surface area contributed by atoms with Gasteiger partial charge in [-0.1, -0.05) is 17.7 Å². The average molecular weight is 286 g/mol. The molecule has 5 nitrogen and oxygen atoms in total. The third-order valence-corrected chi connectivity index (χ3v) is 4.55. The number of sulfone groups is 1. The molecule has 0 amide bonds. The Balaban J connectivity index is 3.14. The van der Waals surface area contributed by atoms with Crippen molar-refractivity contribution in [2.24, 2.45) is 0 Å². The molecular weight excluding hydrogens is 268 g/mol. The zero-order valence-corrected chi connectivity index (χ0v) is 11.8. The van der Waals surface area contributed by atoms with Crippen LogP contribution in [0, 0.1) is 6.92 Å². The van der Waals surface area contributed by atoms with Crippen LogP contribution in [-0.4, -0.2) is 35.3 Å². The molecule has 0 saturated heterocycles. The highest BCUT2D eigenvalue weighted by Crippen LogP contribution is 2.21.